The molecule has 11 heavy (non-hydrogen) atoms. The van der Waals surface area contributed by atoms with E-state index in [0.29, 0.717) is 0 Å². The number of alkyl halides is 2. The second-order valence-corrected chi connectivity index (χ2v) is 1.68. The van der Waals surface area contributed by atoms with Crippen molar-refractivity contribution < 1.29 is 23.4 Å². The van der Waals surface area contributed by atoms with Crippen LogP contribution in [0.2, 0.25) is 0 Å². The van der Waals surface area contributed by atoms with Crippen LogP contribution in [0.4, 0.5) is 13.6 Å². The van der Waals surface area contributed by atoms with Crippen LogP contribution in [0.3, 0.4) is 0 Å². The van der Waals surface area contributed by atoms with Gasteiger partial charge in [-0.2, -0.15) is 0 Å². The molecule has 0 amide bonds. The zero-order chi connectivity index (χ0) is 8.69. The molecule has 0 saturated carbocycles. The van der Waals surface area contributed by atoms with Crippen LogP contribution in [0, 0.1) is 0 Å². The van der Waals surface area contributed by atoms with E-state index in [4.69, 9.17) is 5.11 Å². The summed E-state index contributed by atoms with van der Waals surface area (Å²) in [6.07, 6.45) is -1.76. The van der Waals surface area contributed by atoms with Gasteiger partial charge in [0, 0.05) is 6.42 Å². The first kappa shape index (κ1) is 9.87. The van der Waals surface area contributed by atoms with E-state index in [-0.39, 0.29) is 13.0 Å². The lowest BCUT2D eigenvalue weighted by molar-refractivity contribution is 0.102. The Balaban J connectivity index is 3.23. The monoisotopic (exact) mass is 166 g/mol. The first-order chi connectivity index (χ1) is 5.13. The highest BCUT2D eigenvalue weighted by Gasteiger charge is 1.96. The molecule has 0 aliphatic carbocycles. The van der Waals surface area contributed by atoms with E-state index >= 15 is 0 Å². The van der Waals surface area contributed by atoms with Gasteiger partial charge in [-0.1, -0.05) is 12.2 Å². The number of allylic oxidation sites excluding steroid dienone is 1. The fourth-order valence-electron chi connectivity index (χ4n) is 0.387. The third-order valence-corrected chi connectivity index (χ3v) is 0.784. The van der Waals surface area contributed by atoms with Crippen LogP contribution >= 0.6 is 0 Å². The number of rotatable bonds is 4. The van der Waals surface area contributed by atoms with Crippen LogP contribution in [-0.2, 0) is 4.74 Å². The van der Waals surface area contributed by atoms with Gasteiger partial charge in [0.2, 0.25) is 6.43 Å². The fourth-order valence-corrected chi connectivity index (χ4v) is 0.387. The molecule has 0 atom stereocenters. The Labute approximate surface area is 62.3 Å². The summed E-state index contributed by atoms with van der Waals surface area (Å²) in [4.78, 5) is 9.69. The minimum atomic E-state index is -2.39. The molecular formula is C6H8F2O3. The lowest BCUT2D eigenvalue weighted by Crippen LogP contribution is -1.99. The molecule has 0 aromatic heterocycles. The summed E-state index contributed by atoms with van der Waals surface area (Å²) >= 11 is 0. The number of carbonyl (C=O) groups is 1. The Hall–Kier alpha value is -1.13. The third-order valence-electron chi connectivity index (χ3n) is 0.784. The van der Waals surface area contributed by atoms with Crippen LogP contribution in [0.25, 0.3) is 0 Å². The van der Waals surface area contributed by atoms with Gasteiger partial charge in [0.1, 0.15) is 6.61 Å². The van der Waals surface area contributed by atoms with Crippen molar-refractivity contribution in [1.82, 2.24) is 0 Å². The molecule has 0 heterocycles. The molecule has 5 heteroatoms. The first-order valence-electron chi connectivity index (χ1n) is 2.92. The summed E-state index contributed by atoms with van der Waals surface area (Å²) in [5.74, 6) is 0. The molecule has 0 saturated heterocycles. The minimum absolute atomic E-state index is 0.179. The average Bonchev–Trinajstić information content (AvgIpc) is 1.85. The van der Waals surface area contributed by atoms with Gasteiger partial charge in [-0.05, 0) is 0 Å². The van der Waals surface area contributed by atoms with E-state index in [1.807, 2.05) is 0 Å². The van der Waals surface area contributed by atoms with Crippen molar-refractivity contribution in [2.45, 2.75) is 12.8 Å². The summed E-state index contributed by atoms with van der Waals surface area (Å²) in [5, 5.41) is 7.92. The van der Waals surface area contributed by atoms with Crippen molar-refractivity contribution in [3.05, 3.63) is 12.2 Å². The fraction of sp³-hybridized carbons (Fsp3) is 0.500. The van der Waals surface area contributed by atoms with Gasteiger partial charge < -0.3 is 9.84 Å². The molecule has 0 unspecified atom stereocenters. The van der Waals surface area contributed by atoms with Crippen LogP contribution in [0.15, 0.2) is 12.2 Å². The number of hydrogen-bond donors (Lipinski definition) is 1. The Kier molecular flexibility index (Phi) is 5.06. The Bertz CT molecular complexity index is 145. The van der Waals surface area contributed by atoms with Gasteiger partial charge in [-0.25, -0.2) is 13.6 Å². The van der Waals surface area contributed by atoms with Gasteiger partial charge in [0.15, 0.2) is 0 Å². The van der Waals surface area contributed by atoms with Gasteiger partial charge in [-0.15, -0.1) is 0 Å². The van der Waals surface area contributed by atoms with Crippen molar-refractivity contribution in [2.75, 3.05) is 6.61 Å². The van der Waals surface area contributed by atoms with Crippen LogP contribution < -0.4 is 0 Å². The Morgan fingerprint density at radius 3 is 2.64 bits per heavy atom. The van der Waals surface area contributed by atoms with E-state index in [1.54, 1.807) is 0 Å². The summed E-state index contributed by atoms with van der Waals surface area (Å²) in [5.41, 5.74) is 0. The van der Waals surface area contributed by atoms with Crippen LogP contribution in [0.1, 0.15) is 6.42 Å². The molecule has 0 aromatic rings. The van der Waals surface area contributed by atoms with Crippen LogP contribution in [-0.4, -0.2) is 24.3 Å². The Morgan fingerprint density at radius 1 is 1.55 bits per heavy atom. The zero-order valence-electron chi connectivity index (χ0n) is 5.67. The van der Waals surface area contributed by atoms with E-state index in [0.717, 1.165) is 0 Å². The lowest BCUT2D eigenvalue weighted by atomic mass is 10.4. The van der Waals surface area contributed by atoms with E-state index in [9.17, 15) is 13.6 Å². The normalized spacial score (nSPS) is 10.8. The largest absolute Gasteiger partial charge is 0.506 e. The lowest BCUT2D eigenvalue weighted by Gasteiger charge is -1.92. The highest BCUT2D eigenvalue weighted by atomic mass is 19.3. The quantitative estimate of drug-likeness (QED) is 0.512. The molecule has 0 rings (SSSR count). The highest BCUT2D eigenvalue weighted by molar-refractivity contribution is 5.56. The summed E-state index contributed by atoms with van der Waals surface area (Å²) < 4.78 is 26.8. The molecular weight excluding hydrogens is 158 g/mol. The molecule has 0 fully saturated rings. The average molecular weight is 166 g/mol. The van der Waals surface area contributed by atoms with E-state index < -0.39 is 12.6 Å². The maximum atomic E-state index is 11.4. The summed E-state index contributed by atoms with van der Waals surface area (Å²) in [7, 11) is 0. The van der Waals surface area contributed by atoms with E-state index in [2.05, 4.69) is 4.74 Å². The molecule has 0 aromatic carbocycles. The van der Waals surface area contributed by atoms with Gasteiger partial charge in [-0.3, -0.25) is 0 Å². The molecule has 1 N–H and O–H groups in total. The number of carboxylic acid groups (broad SMARTS) is 1. The molecule has 0 radical (unpaired) electrons. The Morgan fingerprint density at radius 2 is 2.18 bits per heavy atom. The molecule has 0 aliphatic rings. The third kappa shape index (κ3) is 8.87. The van der Waals surface area contributed by atoms with Crippen molar-refractivity contribution >= 4 is 6.16 Å². The molecule has 0 aliphatic heterocycles. The molecule has 64 valence electrons. The SMILES string of the molecule is O=C(O)OCC=CCC(F)F. The second-order valence-electron chi connectivity index (χ2n) is 1.68. The van der Waals surface area contributed by atoms with Gasteiger partial charge in [0.25, 0.3) is 0 Å². The van der Waals surface area contributed by atoms with Crippen molar-refractivity contribution in [3.8, 4) is 0 Å². The number of halogens is 2. The number of hydrogen-bond acceptors (Lipinski definition) is 2. The van der Waals surface area contributed by atoms with Crippen molar-refractivity contribution in [3.63, 3.8) is 0 Å². The predicted molar refractivity (Wildman–Crippen MR) is 33.7 cm³/mol. The molecule has 0 spiro atoms. The molecule has 0 bridgehead atoms. The predicted octanol–water partition coefficient (Wildman–Crippen LogP) is 1.89. The summed E-state index contributed by atoms with van der Waals surface area (Å²) in [6.45, 7) is -0.179. The van der Waals surface area contributed by atoms with Gasteiger partial charge >= 0.3 is 6.16 Å². The summed E-state index contributed by atoms with van der Waals surface area (Å²) in [6, 6.07) is 0. The smallest absolute Gasteiger partial charge is 0.450 e. The zero-order valence-corrected chi connectivity index (χ0v) is 5.67. The van der Waals surface area contributed by atoms with Gasteiger partial charge in [0.05, 0.1) is 0 Å². The maximum absolute atomic E-state index is 11.4. The topological polar surface area (TPSA) is 46.5 Å². The highest BCUT2D eigenvalue weighted by Crippen LogP contribution is 1.98. The van der Waals surface area contributed by atoms with Crippen molar-refractivity contribution in [1.29, 1.82) is 0 Å². The van der Waals surface area contributed by atoms with E-state index in [1.165, 1.54) is 12.2 Å². The minimum Gasteiger partial charge on any atom is -0.450 e. The maximum Gasteiger partial charge on any atom is 0.506 e. The second kappa shape index (κ2) is 5.64. The van der Waals surface area contributed by atoms with Crippen LogP contribution in [0.5, 0.6) is 0 Å². The number of ether oxygens (including phenoxy) is 1. The molecule has 3 nitrogen and oxygen atoms in total. The van der Waals surface area contributed by atoms with Crippen molar-refractivity contribution in [2.24, 2.45) is 0 Å². The first-order valence-corrected chi connectivity index (χ1v) is 2.92. The standard InChI is InChI=1S/C6H8F2O3/c7-5(8)3-1-2-4-11-6(9)10/h1-2,5H,3-4H2,(H,9,10).